The van der Waals surface area contributed by atoms with Crippen molar-refractivity contribution in [3.8, 4) is 0 Å². The van der Waals surface area contributed by atoms with Gasteiger partial charge in [-0.05, 0) is 5.92 Å². The minimum atomic E-state index is -1.06. The van der Waals surface area contributed by atoms with Crippen molar-refractivity contribution in [3.05, 3.63) is 12.2 Å². The highest BCUT2D eigenvalue weighted by atomic mass is 16.5. The van der Waals surface area contributed by atoms with Gasteiger partial charge in [0.05, 0.1) is 13.0 Å². The fourth-order valence-electron chi connectivity index (χ4n) is 0.575. The minimum Gasteiger partial charge on any atom is -0.478 e. The molecule has 0 saturated carbocycles. The molecule has 0 heterocycles. The second kappa shape index (κ2) is 6.22. The van der Waals surface area contributed by atoms with Gasteiger partial charge in [0.2, 0.25) is 0 Å². The smallest absolute Gasteiger partial charge is 0.327 e. The van der Waals surface area contributed by atoms with Crippen molar-refractivity contribution in [3.63, 3.8) is 0 Å². The van der Waals surface area contributed by atoms with E-state index in [0.717, 1.165) is 6.08 Å². The Bertz CT molecular complexity index is 206. The number of hydrogen-bond donors (Lipinski definition) is 1. The summed E-state index contributed by atoms with van der Waals surface area (Å²) >= 11 is 0. The molecule has 0 aromatic carbocycles. The Hall–Kier alpha value is -1.32. The van der Waals surface area contributed by atoms with Crippen molar-refractivity contribution in [1.82, 2.24) is 0 Å². The summed E-state index contributed by atoms with van der Waals surface area (Å²) in [5.41, 5.74) is 0. The van der Waals surface area contributed by atoms with Gasteiger partial charge in [-0.1, -0.05) is 19.9 Å². The van der Waals surface area contributed by atoms with Crippen molar-refractivity contribution in [1.29, 1.82) is 0 Å². The van der Waals surface area contributed by atoms with Gasteiger partial charge in [-0.2, -0.15) is 0 Å². The van der Waals surface area contributed by atoms with Gasteiger partial charge in [-0.3, -0.25) is 4.79 Å². The summed E-state index contributed by atoms with van der Waals surface area (Å²) in [6, 6.07) is 0. The zero-order chi connectivity index (χ0) is 10.3. The van der Waals surface area contributed by atoms with Crippen LogP contribution in [0.5, 0.6) is 0 Å². The van der Waals surface area contributed by atoms with Crippen LogP contribution in [0.15, 0.2) is 12.2 Å². The van der Waals surface area contributed by atoms with Crippen molar-refractivity contribution in [2.75, 3.05) is 6.61 Å². The largest absolute Gasteiger partial charge is 0.478 e. The molecule has 0 aliphatic heterocycles. The van der Waals surface area contributed by atoms with Crippen molar-refractivity contribution in [2.24, 2.45) is 5.92 Å². The quantitative estimate of drug-likeness (QED) is 0.518. The van der Waals surface area contributed by atoms with Crippen LogP contribution < -0.4 is 0 Å². The SMILES string of the molecule is CC(C)COC(=O)C/C=C/C(=O)O. The standard InChI is InChI=1S/C9H14O4/c1-7(2)6-13-9(12)5-3-4-8(10)11/h3-4,7H,5-6H2,1-2H3,(H,10,11)/b4-3+. The van der Waals surface area contributed by atoms with Crippen molar-refractivity contribution >= 4 is 11.9 Å². The topological polar surface area (TPSA) is 63.6 Å². The molecule has 0 amide bonds. The molecule has 0 radical (unpaired) electrons. The molecule has 0 rings (SSSR count). The number of carboxylic acid groups (broad SMARTS) is 1. The van der Waals surface area contributed by atoms with Gasteiger partial charge in [-0.25, -0.2) is 4.79 Å². The lowest BCUT2D eigenvalue weighted by molar-refractivity contribution is -0.143. The number of ether oxygens (including phenoxy) is 1. The van der Waals surface area contributed by atoms with Gasteiger partial charge in [0.15, 0.2) is 0 Å². The molecule has 0 aliphatic rings. The summed E-state index contributed by atoms with van der Waals surface area (Å²) in [5.74, 6) is -1.16. The number of carbonyl (C=O) groups excluding carboxylic acids is 1. The maximum Gasteiger partial charge on any atom is 0.327 e. The molecule has 0 spiro atoms. The van der Waals surface area contributed by atoms with E-state index in [1.165, 1.54) is 6.08 Å². The van der Waals surface area contributed by atoms with Crippen LogP contribution in [-0.4, -0.2) is 23.7 Å². The predicted octanol–water partition coefficient (Wildman–Crippen LogP) is 1.22. The summed E-state index contributed by atoms with van der Waals surface area (Å²) in [6.07, 6.45) is 2.21. The maximum atomic E-state index is 10.9. The Balaban J connectivity index is 3.57. The first-order chi connectivity index (χ1) is 6.02. The lowest BCUT2D eigenvalue weighted by Gasteiger charge is -2.04. The Morgan fingerprint density at radius 2 is 2.08 bits per heavy atom. The third kappa shape index (κ3) is 8.59. The molecule has 13 heavy (non-hydrogen) atoms. The summed E-state index contributed by atoms with van der Waals surface area (Å²) in [7, 11) is 0. The number of carbonyl (C=O) groups is 2. The zero-order valence-electron chi connectivity index (χ0n) is 7.82. The average Bonchev–Trinajstić information content (AvgIpc) is 2.00. The first kappa shape index (κ1) is 11.7. The fraction of sp³-hybridized carbons (Fsp3) is 0.556. The number of carboxylic acids is 1. The Morgan fingerprint density at radius 3 is 2.54 bits per heavy atom. The van der Waals surface area contributed by atoms with E-state index < -0.39 is 11.9 Å². The summed E-state index contributed by atoms with van der Waals surface area (Å²) in [4.78, 5) is 20.9. The number of rotatable bonds is 5. The van der Waals surface area contributed by atoms with Gasteiger partial charge in [-0.15, -0.1) is 0 Å². The fourth-order valence-corrected chi connectivity index (χ4v) is 0.575. The van der Waals surface area contributed by atoms with E-state index in [4.69, 9.17) is 9.84 Å². The molecule has 74 valence electrons. The first-order valence-corrected chi connectivity index (χ1v) is 4.07. The lowest BCUT2D eigenvalue weighted by Crippen LogP contribution is -2.08. The van der Waals surface area contributed by atoms with Crippen molar-refractivity contribution in [2.45, 2.75) is 20.3 Å². The second-order valence-corrected chi connectivity index (χ2v) is 3.02. The molecule has 4 heteroatoms. The van der Waals surface area contributed by atoms with Crippen LogP contribution in [0.2, 0.25) is 0 Å². The molecular formula is C9H14O4. The Labute approximate surface area is 77.2 Å². The van der Waals surface area contributed by atoms with Crippen LogP contribution >= 0.6 is 0 Å². The van der Waals surface area contributed by atoms with Crippen LogP contribution in [-0.2, 0) is 14.3 Å². The van der Waals surface area contributed by atoms with E-state index in [-0.39, 0.29) is 6.42 Å². The van der Waals surface area contributed by atoms with Crippen LogP contribution in [0.3, 0.4) is 0 Å². The van der Waals surface area contributed by atoms with Gasteiger partial charge in [0.1, 0.15) is 0 Å². The third-order valence-electron chi connectivity index (χ3n) is 1.12. The summed E-state index contributed by atoms with van der Waals surface area (Å²) < 4.78 is 4.80. The minimum absolute atomic E-state index is 0.0129. The van der Waals surface area contributed by atoms with E-state index in [9.17, 15) is 9.59 Å². The molecule has 0 atom stereocenters. The van der Waals surface area contributed by atoms with E-state index in [2.05, 4.69) is 0 Å². The van der Waals surface area contributed by atoms with Gasteiger partial charge < -0.3 is 9.84 Å². The molecule has 0 unspecified atom stereocenters. The monoisotopic (exact) mass is 186 g/mol. The van der Waals surface area contributed by atoms with Crippen LogP contribution in [0.25, 0.3) is 0 Å². The highest BCUT2D eigenvalue weighted by molar-refractivity contribution is 5.81. The van der Waals surface area contributed by atoms with Gasteiger partial charge >= 0.3 is 11.9 Å². The van der Waals surface area contributed by atoms with Gasteiger partial charge in [0, 0.05) is 6.08 Å². The summed E-state index contributed by atoms with van der Waals surface area (Å²) in [5, 5.41) is 8.21. The molecule has 0 aromatic heterocycles. The highest BCUT2D eigenvalue weighted by Crippen LogP contribution is 1.95. The van der Waals surface area contributed by atoms with E-state index >= 15 is 0 Å². The third-order valence-corrected chi connectivity index (χ3v) is 1.12. The molecule has 4 nitrogen and oxygen atoms in total. The molecule has 0 saturated heterocycles. The Kier molecular flexibility index (Phi) is 5.59. The average molecular weight is 186 g/mol. The molecule has 0 aliphatic carbocycles. The number of hydrogen-bond acceptors (Lipinski definition) is 3. The maximum absolute atomic E-state index is 10.9. The molecule has 1 N–H and O–H groups in total. The van der Waals surface area contributed by atoms with Crippen LogP contribution in [0.1, 0.15) is 20.3 Å². The Morgan fingerprint density at radius 1 is 1.46 bits per heavy atom. The van der Waals surface area contributed by atoms with E-state index in [1.807, 2.05) is 13.8 Å². The predicted molar refractivity (Wildman–Crippen MR) is 47.2 cm³/mol. The summed E-state index contributed by atoms with van der Waals surface area (Å²) in [6.45, 7) is 4.24. The van der Waals surface area contributed by atoms with E-state index in [0.29, 0.717) is 12.5 Å². The highest BCUT2D eigenvalue weighted by Gasteiger charge is 2.01. The normalized spacial score (nSPS) is 10.7. The molecular weight excluding hydrogens is 172 g/mol. The van der Waals surface area contributed by atoms with Crippen molar-refractivity contribution < 1.29 is 19.4 Å². The number of aliphatic carboxylic acids is 1. The van der Waals surface area contributed by atoms with Crippen LogP contribution in [0.4, 0.5) is 0 Å². The lowest BCUT2D eigenvalue weighted by atomic mass is 10.2. The van der Waals surface area contributed by atoms with Crippen LogP contribution in [0, 0.1) is 5.92 Å². The zero-order valence-corrected chi connectivity index (χ0v) is 7.82. The molecule has 0 fully saturated rings. The van der Waals surface area contributed by atoms with Gasteiger partial charge in [0.25, 0.3) is 0 Å². The second-order valence-electron chi connectivity index (χ2n) is 3.02. The first-order valence-electron chi connectivity index (χ1n) is 4.07. The molecule has 0 bridgehead atoms. The van der Waals surface area contributed by atoms with E-state index in [1.54, 1.807) is 0 Å². The molecule has 0 aromatic rings. The number of esters is 1.